The van der Waals surface area contributed by atoms with E-state index in [1.54, 1.807) is 0 Å². The molecule has 0 aromatic heterocycles. The fourth-order valence-corrected chi connectivity index (χ4v) is 2.41. The molecular weight excluding hydrogens is 210 g/mol. The van der Waals surface area contributed by atoms with Crippen LogP contribution >= 0.6 is 0 Å². The summed E-state index contributed by atoms with van der Waals surface area (Å²) in [5.41, 5.74) is 4.16. The Bertz CT molecular complexity index is 356. The fourth-order valence-electron chi connectivity index (χ4n) is 2.41. The van der Waals surface area contributed by atoms with E-state index in [1.165, 1.54) is 29.5 Å². The molecule has 1 N–H and O–H groups in total. The zero-order chi connectivity index (χ0) is 12.1. The van der Waals surface area contributed by atoms with E-state index < -0.39 is 0 Å². The Morgan fingerprint density at radius 2 is 2.00 bits per heavy atom. The summed E-state index contributed by atoms with van der Waals surface area (Å²) in [7, 11) is 0. The molecule has 2 rings (SSSR count). The Morgan fingerprint density at radius 3 is 2.71 bits per heavy atom. The Hall–Kier alpha value is -0.860. The first-order valence-electron chi connectivity index (χ1n) is 6.60. The number of rotatable bonds is 4. The normalized spacial score (nSPS) is 17.3. The second-order valence-electron chi connectivity index (χ2n) is 5.12. The Kier molecular flexibility index (Phi) is 4.57. The van der Waals surface area contributed by atoms with Crippen molar-refractivity contribution in [2.45, 2.75) is 33.2 Å². The van der Waals surface area contributed by atoms with Gasteiger partial charge in [-0.2, -0.15) is 0 Å². The lowest BCUT2D eigenvalue weighted by molar-refractivity contribution is 0.0662. The van der Waals surface area contributed by atoms with Crippen molar-refractivity contribution in [1.29, 1.82) is 0 Å². The van der Waals surface area contributed by atoms with Gasteiger partial charge in [-0.3, -0.25) is 0 Å². The smallest absolute Gasteiger partial charge is 0.0469 e. The number of benzene rings is 1. The topological polar surface area (TPSA) is 21.3 Å². The van der Waals surface area contributed by atoms with Gasteiger partial charge >= 0.3 is 0 Å². The Labute approximate surface area is 104 Å². The minimum absolute atomic E-state index is 0.800. The van der Waals surface area contributed by atoms with Gasteiger partial charge in [-0.1, -0.05) is 23.8 Å². The van der Waals surface area contributed by atoms with E-state index >= 15 is 0 Å². The van der Waals surface area contributed by atoms with Crippen LogP contribution in [0.3, 0.4) is 0 Å². The van der Waals surface area contributed by atoms with Crippen molar-refractivity contribution in [2.75, 3.05) is 19.8 Å². The van der Waals surface area contributed by atoms with Crippen LogP contribution < -0.4 is 5.32 Å². The van der Waals surface area contributed by atoms with Crippen LogP contribution in [0.5, 0.6) is 0 Å². The zero-order valence-corrected chi connectivity index (χ0v) is 11.0. The first-order chi connectivity index (χ1) is 8.25. The maximum absolute atomic E-state index is 5.37. The molecule has 0 saturated carbocycles. The largest absolute Gasteiger partial charge is 0.381 e. The highest BCUT2D eigenvalue weighted by Gasteiger charge is 2.12. The quantitative estimate of drug-likeness (QED) is 0.863. The van der Waals surface area contributed by atoms with Gasteiger partial charge in [0.1, 0.15) is 0 Å². The van der Waals surface area contributed by atoms with Gasteiger partial charge in [-0.15, -0.1) is 0 Å². The monoisotopic (exact) mass is 233 g/mol. The summed E-state index contributed by atoms with van der Waals surface area (Å²) in [5.74, 6) is 0.800. The third-order valence-electron chi connectivity index (χ3n) is 3.59. The molecule has 0 radical (unpaired) electrons. The molecule has 94 valence electrons. The molecule has 0 bridgehead atoms. The maximum atomic E-state index is 5.37. The Morgan fingerprint density at radius 1 is 1.24 bits per heavy atom. The average Bonchev–Trinajstić information content (AvgIpc) is 2.33. The first-order valence-corrected chi connectivity index (χ1v) is 6.60. The molecule has 0 atom stereocenters. The molecule has 1 fully saturated rings. The average molecular weight is 233 g/mol. The molecule has 1 aliphatic rings. The van der Waals surface area contributed by atoms with Crippen LogP contribution in [0.2, 0.25) is 0 Å². The van der Waals surface area contributed by atoms with Crippen molar-refractivity contribution >= 4 is 0 Å². The molecule has 17 heavy (non-hydrogen) atoms. The maximum Gasteiger partial charge on any atom is 0.0469 e. The van der Waals surface area contributed by atoms with Crippen LogP contribution in [-0.2, 0) is 11.3 Å². The molecule has 0 amide bonds. The first kappa shape index (κ1) is 12.6. The molecule has 1 saturated heterocycles. The van der Waals surface area contributed by atoms with Crippen LogP contribution in [-0.4, -0.2) is 19.8 Å². The molecular formula is C15H23NO. The van der Waals surface area contributed by atoms with E-state index in [1.807, 2.05) is 0 Å². The van der Waals surface area contributed by atoms with E-state index in [0.717, 1.165) is 32.2 Å². The lowest BCUT2D eigenvalue weighted by Crippen LogP contribution is -2.27. The number of nitrogens with one attached hydrogen (secondary N) is 1. The summed E-state index contributed by atoms with van der Waals surface area (Å²) in [6, 6.07) is 6.69. The van der Waals surface area contributed by atoms with Crippen molar-refractivity contribution in [3.8, 4) is 0 Å². The highest BCUT2D eigenvalue weighted by molar-refractivity contribution is 5.30. The van der Waals surface area contributed by atoms with Gasteiger partial charge < -0.3 is 10.1 Å². The fraction of sp³-hybridized carbons (Fsp3) is 0.600. The van der Waals surface area contributed by atoms with E-state index in [4.69, 9.17) is 4.74 Å². The molecule has 0 unspecified atom stereocenters. The van der Waals surface area contributed by atoms with E-state index in [0.29, 0.717) is 0 Å². The highest BCUT2D eigenvalue weighted by Crippen LogP contribution is 2.14. The lowest BCUT2D eigenvalue weighted by Gasteiger charge is -2.22. The lowest BCUT2D eigenvalue weighted by atomic mass is 10.00. The predicted octanol–water partition coefficient (Wildman–Crippen LogP) is 2.82. The van der Waals surface area contributed by atoms with Crippen molar-refractivity contribution in [3.63, 3.8) is 0 Å². The standard InChI is InChI=1S/C15H23NO/c1-12-3-4-15(13(2)9-12)11-16-10-14-5-7-17-8-6-14/h3-4,9,14,16H,5-8,10-11H2,1-2H3. The van der Waals surface area contributed by atoms with Gasteiger partial charge in [0.2, 0.25) is 0 Å². The van der Waals surface area contributed by atoms with Crippen molar-refractivity contribution < 1.29 is 4.74 Å². The number of hydrogen-bond donors (Lipinski definition) is 1. The molecule has 1 heterocycles. The summed E-state index contributed by atoms with van der Waals surface area (Å²) >= 11 is 0. The van der Waals surface area contributed by atoms with Crippen LogP contribution in [0, 0.1) is 19.8 Å². The zero-order valence-electron chi connectivity index (χ0n) is 11.0. The Balaban J connectivity index is 1.77. The third kappa shape index (κ3) is 3.83. The molecule has 2 nitrogen and oxygen atoms in total. The molecule has 1 aromatic rings. The second-order valence-corrected chi connectivity index (χ2v) is 5.12. The summed E-state index contributed by atoms with van der Waals surface area (Å²) < 4.78 is 5.37. The SMILES string of the molecule is Cc1ccc(CNCC2CCOCC2)c(C)c1. The molecule has 2 heteroatoms. The summed E-state index contributed by atoms with van der Waals surface area (Å²) in [6.45, 7) is 8.33. The van der Waals surface area contributed by atoms with Crippen LogP contribution in [0.15, 0.2) is 18.2 Å². The third-order valence-corrected chi connectivity index (χ3v) is 3.59. The van der Waals surface area contributed by atoms with Gasteiger partial charge in [0.15, 0.2) is 0 Å². The number of hydrogen-bond acceptors (Lipinski definition) is 2. The molecule has 0 aliphatic carbocycles. The van der Waals surface area contributed by atoms with Gasteiger partial charge in [-0.05, 0) is 50.3 Å². The van der Waals surface area contributed by atoms with Crippen molar-refractivity contribution in [3.05, 3.63) is 34.9 Å². The second kappa shape index (κ2) is 6.18. The summed E-state index contributed by atoms with van der Waals surface area (Å²) in [6.07, 6.45) is 2.42. The van der Waals surface area contributed by atoms with E-state index in [9.17, 15) is 0 Å². The van der Waals surface area contributed by atoms with E-state index in [-0.39, 0.29) is 0 Å². The van der Waals surface area contributed by atoms with Crippen LogP contribution in [0.4, 0.5) is 0 Å². The predicted molar refractivity (Wildman–Crippen MR) is 71.2 cm³/mol. The summed E-state index contributed by atoms with van der Waals surface area (Å²) in [5, 5.41) is 3.58. The van der Waals surface area contributed by atoms with Crippen LogP contribution in [0.1, 0.15) is 29.5 Å². The van der Waals surface area contributed by atoms with Gasteiger partial charge in [-0.25, -0.2) is 0 Å². The minimum Gasteiger partial charge on any atom is -0.381 e. The minimum atomic E-state index is 0.800. The van der Waals surface area contributed by atoms with Crippen LogP contribution in [0.25, 0.3) is 0 Å². The van der Waals surface area contributed by atoms with E-state index in [2.05, 4.69) is 37.4 Å². The molecule has 1 aliphatic heterocycles. The molecule has 0 spiro atoms. The summed E-state index contributed by atoms with van der Waals surface area (Å²) in [4.78, 5) is 0. The van der Waals surface area contributed by atoms with Gasteiger partial charge in [0, 0.05) is 19.8 Å². The van der Waals surface area contributed by atoms with Gasteiger partial charge in [0.25, 0.3) is 0 Å². The van der Waals surface area contributed by atoms with Gasteiger partial charge in [0.05, 0.1) is 0 Å². The van der Waals surface area contributed by atoms with Crippen molar-refractivity contribution in [2.24, 2.45) is 5.92 Å². The number of ether oxygens (including phenoxy) is 1. The van der Waals surface area contributed by atoms with Crippen molar-refractivity contribution in [1.82, 2.24) is 5.32 Å². The highest BCUT2D eigenvalue weighted by atomic mass is 16.5. The molecule has 1 aromatic carbocycles. The number of aryl methyl sites for hydroxylation is 2.